The lowest BCUT2D eigenvalue weighted by Gasteiger charge is -2.16. The van der Waals surface area contributed by atoms with Crippen molar-refractivity contribution in [2.24, 2.45) is 0 Å². The van der Waals surface area contributed by atoms with Gasteiger partial charge in [-0.15, -0.1) is 34.0 Å². The quantitative estimate of drug-likeness (QED) is 0.139. The highest BCUT2D eigenvalue weighted by Gasteiger charge is 2.29. The topological polar surface area (TPSA) is 172 Å². The molecule has 15 heteroatoms. The molecule has 30 aromatic rings. The number of hydrogen-bond donors (Lipinski definition) is 0. The summed E-state index contributed by atoms with van der Waals surface area (Å²) >= 11 is 5.54. The first-order valence-corrected chi connectivity index (χ1v) is 50.9. The van der Waals surface area contributed by atoms with Crippen LogP contribution in [0.3, 0.4) is 0 Å². The van der Waals surface area contributed by atoms with Crippen molar-refractivity contribution in [1.82, 2.24) is 27.4 Å². The van der Waals surface area contributed by atoms with Crippen molar-refractivity contribution in [2.45, 2.75) is 0 Å². The summed E-state index contributed by atoms with van der Waals surface area (Å²) in [6.45, 7) is 0. The Morgan fingerprint density at radius 3 is 0.884 bits per heavy atom. The Morgan fingerprint density at radius 1 is 0.170 bits per heavy atom. The summed E-state index contributed by atoms with van der Waals surface area (Å²) in [5, 5.41) is 80.9. The number of aromatic nitrogens is 6. The minimum Gasteiger partial charge on any atom is -0.309 e. The van der Waals surface area contributed by atoms with Crippen LogP contribution in [0.15, 0.2) is 437 Å². The van der Waals surface area contributed by atoms with Crippen molar-refractivity contribution in [3.63, 3.8) is 0 Å². The highest BCUT2D eigenvalue weighted by molar-refractivity contribution is 7.27. The van der Waals surface area contributed by atoms with Crippen LogP contribution in [0, 0.1) is 68.0 Å². The number of rotatable bonds is 9. The van der Waals surface area contributed by atoms with Crippen LogP contribution in [0.2, 0.25) is 0 Å². The molecule has 21 aromatic carbocycles. The Balaban J connectivity index is 0.000000107. The van der Waals surface area contributed by atoms with Crippen LogP contribution < -0.4 is 0 Å². The van der Waals surface area contributed by atoms with Gasteiger partial charge in [0.05, 0.1) is 147 Å². The van der Waals surface area contributed by atoms with Crippen LogP contribution in [0.5, 0.6) is 0 Å². The highest BCUT2D eigenvalue weighted by atomic mass is 32.1. The summed E-state index contributed by atoms with van der Waals surface area (Å²) < 4.78 is 21.5. The van der Waals surface area contributed by atoms with Gasteiger partial charge < -0.3 is 27.4 Å². The molecule has 0 bridgehead atoms. The van der Waals surface area contributed by atoms with E-state index in [9.17, 15) is 31.6 Å². The van der Waals surface area contributed by atoms with Gasteiger partial charge in [-0.2, -0.15) is 31.6 Å². The summed E-state index contributed by atoms with van der Waals surface area (Å²) in [6.07, 6.45) is 0. The molecule has 0 fully saturated rings. The standard InChI is InChI=1S/3C44H24N4S/c45-25-27-17-20-38-35(23-27)32-12-4-6-15-37(32)48(38)43-29(26-46)9-8-14-31(43)28-18-21-39-36(24-28)42-40(47(39)30-10-2-1-3-11-30)22-19-34-33-13-5-7-16-41(33)49-44(34)42;45-25-27-14-18-38(48-37-12-6-4-10-31(37)35-23-28(26-46)15-19-39(35)48)34(22-27)29-16-20-40-36(24-29)43-41(47(40)30-8-2-1-3-9-30)21-17-33-32-11-5-7-13-42(32)49-44(33)43;45-25-27-15-19-38-35(22-27)32-10-4-6-12-37(32)48(38)41-23-28(26-46)14-17-31(41)29-16-20-39-36(24-29)43-40(47(39)30-8-2-1-3-9-30)21-18-34-33-11-5-7-13-42(33)49-44(34)43/h3*1-24H. The van der Waals surface area contributed by atoms with E-state index in [1.165, 1.54) is 109 Å². The number of fused-ring (bicyclic) bond motifs is 30. The molecule has 0 aliphatic rings. The Labute approximate surface area is 851 Å². The van der Waals surface area contributed by atoms with Crippen LogP contribution >= 0.6 is 34.0 Å². The van der Waals surface area contributed by atoms with Crippen LogP contribution in [0.1, 0.15) is 33.4 Å². The van der Waals surface area contributed by atoms with Crippen molar-refractivity contribution >= 4 is 225 Å². The molecule has 0 unspecified atom stereocenters. The maximum atomic E-state index is 10.5. The molecule has 0 amide bonds. The fourth-order valence-electron chi connectivity index (χ4n) is 23.0. The van der Waals surface area contributed by atoms with Crippen molar-refractivity contribution < 1.29 is 0 Å². The van der Waals surface area contributed by atoms with Crippen molar-refractivity contribution in [2.75, 3.05) is 0 Å². The van der Waals surface area contributed by atoms with E-state index in [1.54, 1.807) is 0 Å². The van der Waals surface area contributed by atoms with E-state index < -0.39 is 0 Å². The van der Waals surface area contributed by atoms with Crippen LogP contribution in [0.4, 0.5) is 0 Å². The normalized spacial score (nSPS) is 11.6. The average molecular weight is 1920 g/mol. The number of nitrogens with zero attached hydrogens (tertiary/aromatic N) is 12. The van der Waals surface area contributed by atoms with Gasteiger partial charge in [-0.05, 0) is 235 Å². The minimum atomic E-state index is 0.586. The monoisotopic (exact) mass is 1920 g/mol. The number of nitriles is 6. The van der Waals surface area contributed by atoms with E-state index in [1.807, 2.05) is 161 Å². The smallest absolute Gasteiger partial charge is 0.101 e. The molecule has 9 aromatic heterocycles. The zero-order valence-electron chi connectivity index (χ0n) is 78.2. The predicted octanol–water partition coefficient (Wildman–Crippen LogP) is 35.0. The molecule has 0 atom stereocenters. The number of thiophene rings is 3. The van der Waals surface area contributed by atoms with E-state index in [-0.39, 0.29) is 0 Å². The molecule has 147 heavy (non-hydrogen) atoms. The van der Waals surface area contributed by atoms with Crippen LogP contribution in [0.25, 0.3) is 259 Å². The largest absolute Gasteiger partial charge is 0.309 e. The van der Waals surface area contributed by atoms with E-state index >= 15 is 0 Å². The molecule has 9 heterocycles. The maximum Gasteiger partial charge on any atom is 0.101 e. The lowest BCUT2D eigenvalue weighted by Crippen LogP contribution is -2.01. The van der Waals surface area contributed by atoms with Gasteiger partial charge in [-0.3, -0.25) is 0 Å². The van der Waals surface area contributed by atoms with Gasteiger partial charge in [0.25, 0.3) is 0 Å². The Kier molecular flexibility index (Phi) is 19.6. The van der Waals surface area contributed by atoms with E-state index in [0.29, 0.717) is 33.4 Å². The molecule has 0 radical (unpaired) electrons. The number of hydrogen-bond acceptors (Lipinski definition) is 9. The molecular formula is C132H72N12S3. The Hall–Kier alpha value is -20.0. The molecule has 30 rings (SSSR count). The van der Waals surface area contributed by atoms with Crippen LogP contribution in [-0.2, 0) is 0 Å². The highest BCUT2D eigenvalue weighted by Crippen LogP contribution is 2.52. The number of para-hydroxylation sites is 7. The molecule has 0 aliphatic carbocycles. The third kappa shape index (κ3) is 13.2. The molecule has 0 saturated carbocycles. The maximum absolute atomic E-state index is 10.5. The summed E-state index contributed by atoms with van der Waals surface area (Å²) in [4.78, 5) is 0. The third-order valence-electron chi connectivity index (χ3n) is 29.3. The summed E-state index contributed by atoms with van der Waals surface area (Å²) in [5.41, 5.74) is 28.8. The zero-order valence-corrected chi connectivity index (χ0v) is 80.6. The molecule has 12 nitrogen and oxygen atoms in total. The first-order valence-electron chi connectivity index (χ1n) is 48.4. The summed E-state index contributed by atoms with van der Waals surface area (Å²) in [7, 11) is 0. The zero-order chi connectivity index (χ0) is 97.9. The molecular weight excluding hydrogens is 1850 g/mol. The van der Waals surface area contributed by atoms with Crippen LogP contribution in [-0.4, -0.2) is 27.4 Å². The SMILES string of the molecule is N#Cc1ccc(-c2ccc3c(c2)c2c4sc5ccccc5c4ccc2n3-c2ccccc2)c(-n2c3ccccc3c3cc(C#N)ccc32)c1.N#Cc1ccc(-n2c3ccccc3c3cc(C#N)ccc32)c(-c2ccc3c(c2)c2c4sc5ccccc5c4ccc2n3-c2ccccc2)c1.N#Cc1ccc2c(c1)c1ccccc1n2-c1c(C#N)cccc1-c1ccc2c(c1)c1c3sc4ccccc4c3ccc1n2-c1ccccc1. The second kappa shape index (κ2) is 33.9. The van der Waals surface area contributed by atoms with Gasteiger partial charge in [0.15, 0.2) is 0 Å². The van der Waals surface area contributed by atoms with Gasteiger partial charge >= 0.3 is 0 Å². The second-order valence-electron chi connectivity index (χ2n) is 37.1. The predicted molar refractivity (Wildman–Crippen MR) is 609 cm³/mol. The average Bonchev–Trinajstić information content (AvgIpc) is 1.56. The third-order valence-corrected chi connectivity index (χ3v) is 32.9. The fourth-order valence-corrected chi connectivity index (χ4v) is 26.8. The van der Waals surface area contributed by atoms with Crippen molar-refractivity contribution in [1.29, 1.82) is 31.6 Å². The van der Waals surface area contributed by atoms with Gasteiger partial charge in [0.2, 0.25) is 0 Å². The lowest BCUT2D eigenvalue weighted by molar-refractivity contribution is 1.17. The second-order valence-corrected chi connectivity index (χ2v) is 40.3. The van der Waals surface area contributed by atoms with Crippen molar-refractivity contribution in [3.05, 3.63) is 470 Å². The van der Waals surface area contributed by atoms with Crippen molar-refractivity contribution in [3.8, 4) is 104 Å². The van der Waals surface area contributed by atoms with E-state index in [2.05, 4.69) is 373 Å². The fraction of sp³-hybridized carbons (Fsp3) is 0. The number of benzene rings is 21. The van der Waals surface area contributed by atoms with E-state index in [4.69, 9.17) is 0 Å². The van der Waals surface area contributed by atoms with Gasteiger partial charge in [0, 0.05) is 159 Å². The van der Waals surface area contributed by atoms with Gasteiger partial charge in [0.1, 0.15) is 6.07 Å². The Morgan fingerprint density at radius 2 is 0.476 bits per heavy atom. The first kappa shape index (κ1) is 85.0. The molecule has 0 aliphatic heterocycles. The molecule has 0 N–H and O–H groups in total. The minimum absolute atomic E-state index is 0.586. The Bertz CT molecular complexity index is 11000. The molecule has 0 spiro atoms. The molecule has 0 saturated heterocycles. The lowest BCUT2D eigenvalue weighted by atomic mass is 9.97. The van der Waals surface area contributed by atoms with Gasteiger partial charge in [-0.1, -0.05) is 218 Å². The van der Waals surface area contributed by atoms with Gasteiger partial charge in [-0.25, -0.2) is 0 Å². The summed E-state index contributed by atoms with van der Waals surface area (Å²) in [5.74, 6) is 0. The summed E-state index contributed by atoms with van der Waals surface area (Å²) in [6, 6.07) is 166. The molecule has 678 valence electrons. The first-order chi connectivity index (χ1) is 72.7. The van der Waals surface area contributed by atoms with E-state index in [0.717, 1.165) is 149 Å².